The maximum atomic E-state index is 13.8. The number of ether oxygens (including phenoxy) is 2. The van der Waals surface area contributed by atoms with Gasteiger partial charge in [-0.3, -0.25) is 9.59 Å². The quantitative estimate of drug-likeness (QED) is 0.438. The summed E-state index contributed by atoms with van der Waals surface area (Å²) in [6, 6.07) is 23.1. The lowest BCUT2D eigenvalue weighted by Crippen LogP contribution is -2.54. The molecule has 0 aromatic heterocycles. The SMILES string of the molecule is Cc1ccc(CN(C(=O)CCc2ccc3c(c2)OCO3)[C@H](Cc2ccccc2)C(=O)NC(C)(C)C)cc1. The van der Waals surface area contributed by atoms with E-state index in [4.69, 9.17) is 9.47 Å². The molecule has 6 nitrogen and oxygen atoms in total. The van der Waals surface area contributed by atoms with Crippen LogP contribution >= 0.6 is 0 Å². The first kappa shape index (κ1) is 26.3. The molecule has 0 aliphatic carbocycles. The van der Waals surface area contributed by atoms with E-state index in [-0.39, 0.29) is 25.0 Å². The van der Waals surface area contributed by atoms with Gasteiger partial charge in [0.15, 0.2) is 11.5 Å². The van der Waals surface area contributed by atoms with Crippen LogP contribution in [0.2, 0.25) is 0 Å². The molecule has 1 N–H and O–H groups in total. The fraction of sp³-hybridized carbons (Fsp3) is 0.355. The molecule has 0 saturated carbocycles. The summed E-state index contributed by atoms with van der Waals surface area (Å²) >= 11 is 0. The molecule has 1 aliphatic rings. The third-order valence-electron chi connectivity index (χ3n) is 6.31. The first-order valence-corrected chi connectivity index (χ1v) is 12.8. The van der Waals surface area contributed by atoms with Crippen molar-refractivity contribution in [1.29, 1.82) is 0 Å². The van der Waals surface area contributed by atoms with Gasteiger partial charge in [-0.15, -0.1) is 0 Å². The number of carbonyl (C=O) groups excluding carboxylic acids is 2. The van der Waals surface area contributed by atoms with Crippen molar-refractivity contribution in [2.24, 2.45) is 0 Å². The number of carbonyl (C=O) groups is 2. The Bertz CT molecular complexity index is 1220. The van der Waals surface area contributed by atoms with Gasteiger partial charge in [-0.05, 0) is 62.9 Å². The Morgan fingerprint density at radius 1 is 0.892 bits per heavy atom. The third-order valence-corrected chi connectivity index (χ3v) is 6.31. The molecule has 0 spiro atoms. The van der Waals surface area contributed by atoms with Crippen molar-refractivity contribution in [3.63, 3.8) is 0 Å². The monoisotopic (exact) mass is 500 g/mol. The van der Waals surface area contributed by atoms with Crippen LogP contribution in [0, 0.1) is 6.92 Å². The summed E-state index contributed by atoms with van der Waals surface area (Å²) in [4.78, 5) is 29.2. The van der Waals surface area contributed by atoms with Crippen LogP contribution in [0.25, 0.3) is 0 Å². The van der Waals surface area contributed by atoms with Crippen molar-refractivity contribution in [3.05, 3.63) is 95.1 Å². The highest BCUT2D eigenvalue weighted by Gasteiger charge is 2.32. The first-order valence-electron chi connectivity index (χ1n) is 12.8. The molecule has 194 valence electrons. The van der Waals surface area contributed by atoms with Gasteiger partial charge in [0, 0.05) is 24.9 Å². The standard InChI is InChI=1S/C31H36N2O4/c1-22-10-12-25(13-11-22)20-33(29(34)17-15-24-14-16-27-28(19-24)37-21-36-27)26(30(35)32-31(2,3)4)18-23-8-6-5-7-9-23/h5-14,16,19,26H,15,17-18,20-21H2,1-4H3,(H,32,35)/t26-/m1/s1. The van der Waals surface area contributed by atoms with Crippen LogP contribution in [-0.2, 0) is 29.0 Å². The van der Waals surface area contributed by atoms with E-state index in [0.717, 1.165) is 28.0 Å². The number of hydrogen-bond acceptors (Lipinski definition) is 4. The van der Waals surface area contributed by atoms with Crippen LogP contribution in [0.5, 0.6) is 11.5 Å². The number of rotatable bonds is 9. The van der Waals surface area contributed by atoms with Gasteiger partial charge in [-0.25, -0.2) is 0 Å². The summed E-state index contributed by atoms with van der Waals surface area (Å²) in [7, 11) is 0. The third kappa shape index (κ3) is 7.35. The van der Waals surface area contributed by atoms with Crippen LogP contribution in [0.4, 0.5) is 0 Å². The molecule has 0 saturated heterocycles. The first-order chi connectivity index (χ1) is 17.7. The predicted octanol–water partition coefficient (Wildman–Crippen LogP) is 5.21. The molecule has 3 aromatic rings. The lowest BCUT2D eigenvalue weighted by molar-refractivity contribution is -0.141. The van der Waals surface area contributed by atoms with Gasteiger partial charge in [0.25, 0.3) is 0 Å². The van der Waals surface area contributed by atoms with Crippen molar-refractivity contribution in [2.45, 2.75) is 65.1 Å². The number of nitrogens with zero attached hydrogens (tertiary/aromatic N) is 1. The zero-order chi connectivity index (χ0) is 26.4. The molecule has 0 radical (unpaired) electrons. The molecule has 1 aliphatic heterocycles. The van der Waals surface area contributed by atoms with Crippen LogP contribution in [0.15, 0.2) is 72.8 Å². The zero-order valence-electron chi connectivity index (χ0n) is 22.1. The Kier molecular flexibility index (Phi) is 8.17. The number of benzene rings is 3. The summed E-state index contributed by atoms with van der Waals surface area (Å²) in [6.45, 7) is 8.47. The molecular weight excluding hydrogens is 464 g/mol. The number of nitrogens with one attached hydrogen (secondary N) is 1. The molecule has 6 heteroatoms. The average molecular weight is 501 g/mol. The second-order valence-corrected chi connectivity index (χ2v) is 10.6. The van der Waals surface area contributed by atoms with E-state index in [1.807, 2.05) is 100 Å². The number of amides is 2. The molecule has 0 fully saturated rings. The van der Waals surface area contributed by atoms with Gasteiger partial charge in [-0.1, -0.05) is 66.2 Å². The van der Waals surface area contributed by atoms with E-state index in [1.54, 1.807) is 4.90 Å². The van der Waals surface area contributed by atoms with Gasteiger partial charge in [0.05, 0.1) is 0 Å². The topological polar surface area (TPSA) is 67.9 Å². The van der Waals surface area contributed by atoms with Crippen molar-refractivity contribution in [1.82, 2.24) is 10.2 Å². The highest BCUT2D eigenvalue weighted by atomic mass is 16.7. The van der Waals surface area contributed by atoms with E-state index in [0.29, 0.717) is 25.1 Å². The van der Waals surface area contributed by atoms with Crippen LogP contribution in [-0.4, -0.2) is 35.1 Å². The average Bonchev–Trinajstić information content (AvgIpc) is 3.33. The molecular formula is C31H36N2O4. The van der Waals surface area contributed by atoms with Crippen LogP contribution < -0.4 is 14.8 Å². The highest BCUT2D eigenvalue weighted by molar-refractivity contribution is 5.88. The predicted molar refractivity (Wildman–Crippen MR) is 144 cm³/mol. The second-order valence-electron chi connectivity index (χ2n) is 10.6. The van der Waals surface area contributed by atoms with E-state index in [9.17, 15) is 9.59 Å². The minimum atomic E-state index is -0.646. The fourth-order valence-electron chi connectivity index (χ4n) is 4.39. The van der Waals surface area contributed by atoms with Gasteiger partial charge < -0.3 is 19.7 Å². The summed E-state index contributed by atoms with van der Waals surface area (Å²) in [5, 5.41) is 3.11. The minimum Gasteiger partial charge on any atom is -0.454 e. The summed E-state index contributed by atoms with van der Waals surface area (Å²) in [6.07, 6.45) is 1.25. The van der Waals surface area contributed by atoms with Crippen molar-refractivity contribution in [2.75, 3.05) is 6.79 Å². The van der Waals surface area contributed by atoms with E-state index in [2.05, 4.69) is 5.32 Å². The van der Waals surface area contributed by atoms with Crippen molar-refractivity contribution < 1.29 is 19.1 Å². The largest absolute Gasteiger partial charge is 0.454 e. The number of hydrogen-bond donors (Lipinski definition) is 1. The molecule has 1 atom stereocenters. The molecule has 2 amide bonds. The lowest BCUT2D eigenvalue weighted by atomic mass is 9.99. The maximum Gasteiger partial charge on any atom is 0.243 e. The second kappa shape index (κ2) is 11.5. The Balaban J connectivity index is 1.60. The molecule has 4 rings (SSSR count). The van der Waals surface area contributed by atoms with Crippen molar-refractivity contribution >= 4 is 11.8 Å². The summed E-state index contributed by atoms with van der Waals surface area (Å²) in [5.74, 6) is 1.20. The Labute approximate surface area is 219 Å². The zero-order valence-corrected chi connectivity index (χ0v) is 22.1. The van der Waals surface area contributed by atoms with Gasteiger partial charge >= 0.3 is 0 Å². The van der Waals surface area contributed by atoms with E-state index >= 15 is 0 Å². The Morgan fingerprint density at radius 3 is 2.27 bits per heavy atom. The lowest BCUT2D eigenvalue weighted by Gasteiger charge is -2.34. The van der Waals surface area contributed by atoms with E-state index < -0.39 is 11.6 Å². The van der Waals surface area contributed by atoms with Gasteiger partial charge in [0.1, 0.15) is 6.04 Å². The van der Waals surface area contributed by atoms with Crippen LogP contribution in [0.3, 0.4) is 0 Å². The number of aryl methyl sites for hydroxylation is 2. The summed E-state index contributed by atoms with van der Waals surface area (Å²) in [5.41, 5.74) is 3.72. The number of fused-ring (bicyclic) bond motifs is 1. The molecule has 37 heavy (non-hydrogen) atoms. The van der Waals surface area contributed by atoms with Gasteiger partial charge in [0.2, 0.25) is 18.6 Å². The van der Waals surface area contributed by atoms with Crippen molar-refractivity contribution in [3.8, 4) is 11.5 Å². The van der Waals surface area contributed by atoms with Gasteiger partial charge in [-0.2, -0.15) is 0 Å². The normalized spacial score (nSPS) is 13.2. The smallest absolute Gasteiger partial charge is 0.243 e. The Morgan fingerprint density at radius 2 is 1.57 bits per heavy atom. The molecule has 0 bridgehead atoms. The minimum absolute atomic E-state index is 0.0665. The van der Waals surface area contributed by atoms with E-state index in [1.165, 1.54) is 0 Å². The molecule has 1 heterocycles. The highest BCUT2D eigenvalue weighted by Crippen LogP contribution is 2.33. The molecule has 0 unspecified atom stereocenters. The maximum absolute atomic E-state index is 13.8. The Hall–Kier alpha value is -3.80. The molecule has 3 aromatic carbocycles. The fourth-order valence-corrected chi connectivity index (χ4v) is 4.39. The van der Waals surface area contributed by atoms with Crippen LogP contribution in [0.1, 0.15) is 49.4 Å². The summed E-state index contributed by atoms with van der Waals surface area (Å²) < 4.78 is 10.9.